The normalized spacial score (nSPS) is 16.3. The number of nitrogens with one attached hydrogen (secondary N) is 2. The van der Waals surface area contributed by atoms with Gasteiger partial charge in [0.15, 0.2) is 0 Å². The first-order valence-corrected chi connectivity index (χ1v) is 9.05. The number of benzene rings is 2. The summed E-state index contributed by atoms with van der Waals surface area (Å²) in [5.41, 5.74) is 3.87. The molecule has 0 radical (unpaired) electrons. The van der Waals surface area contributed by atoms with Crippen molar-refractivity contribution in [3.05, 3.63) is 53.6 Å². The van der Waals surface area contributed by atoms with Crippen LogP contribution < -0.4 is 15.4 Å². The molecule has 2 aromatic rings. The zero-order chi connectivity index (χ0) is 18.4. The Morgan fingerprint density at radius 3 is 2.92 bits per heavy atom. The number of aryl methyl sites for hydroxylation is 2. The van der Waals surface area contributed by atoms with Gasteiger partial charge in [-0.15, -0.1) is 0 Å². The van der Waals surface area contributed by atoms with Gasteiger partial charge >= 0.3 is 0 Å². The SMILES string of the molecule is Cc1ccc(C)c(NC(=O)CNc2cccc(OCC3CCCO3)c2)c1. The molecule has 1 aliphatic rings. The zero-order valence-corrected chi connectivity index (χ0v) is 15.4. The predicted molar refractivity (Wildman–Crippen MR) is 104 cm³/mol. The Kier molecular flexibility index (Phi) is 6.12. The summed E-state index contributed by atoms with van der Waals surface area (Å²) in [5.74, 6) is 0.699. The summed E-state index contributed by atoms with van der Waals surface area (Å²) >= 11 is 0. The second kappa shape index (κ2) is 8.72. The topological polar surface area (TPSA) is 59.6 Å². The lowest BCUT2D eigenvalue weighted by molar-refractivity contribution is -0.114. The monoisotopic (exact) mass is 354 g/mol. The van der Waals surface area contributed by atoms with E-state index in [0.717, 1.165) is 47.7 Å². The van der Waals surface area contributed by atoms with Crippen LogP contribution >= 0.6 is 0 Å². The second-order valence-corrected chi connectivity index (χ2v) is 6.69. The number of amides is 1. The van der Waals surface area contributed by atoms with Gasteiger partial charge in [-0.3, -0.25) is 4.79 Å². The summed E-state index contributed by atoms with van der Waals surface area (Å²) in [4.78, 5) is 12.2. The quantitative estimate of drug-likeness (QED) is 0.791. The van der Waals surface area contributed by atoms with E-state index < -0.39 is 0 Å². The lowest BCUT2D eigenvalue weighted by atomic mass is 10.1. The Morgan fingerprint density at radius 2 is 2.12 bits per heavy atom. The maximum Gasteiger partial charge on any atom is 0.243 e. The van der Waals surface area contributed by atoms with Crippen LogP contribution in [-0.2, 0) is 9.53 Å². The molecule has 1 amide bonds. The minimum atomic E-state index is -0.0793. The maximum absolute atomic E-state index is 12.2. The molecule has 2 N–H and O–H groups in total. The molecule has 1 unspecified atom stereocenters. The van der Waals surface area contributed by atoms with E-state index in [0.29, 0.717) is 6.61 Å². The van der Waals surface area contributed by atoms with E-state index in [2.05, 4.69) is 10.6 Å². The fourth-order valence-electron chi connectivity index (χ4n) is 2.91. The fraction of sp³-hybridized carbons (Fsp3) is 0.381. The number of carbonyl (C=O) groups is 1. The van der Waals surface area contributed by atoms with Crippen molar-refractivity contribution in [3.63, 3.8) is 0 Å². The van der Waals surface area contributed by atoms with E-state index in [1.807, 2.05) is 56.3 Å². The standard InChI is InChI=1S/C21H26N2O3/c1-15-8-9-16(2)20(11-15)23-21(24)13-22-17-5-3-6-18(12-17)26-14-19-7-4-10-25-19/h3,5-6,8-9,11-12,19,22H,4,7,10,13-14H2,1-2H3,(H,23,24). The van der Waals surface area contributed by atoms with Crippen molar-refractivity contribution in [3.8, 4) is 5.75 Å². The van der Waals surface area contributed by atoms with E-state index in [1.165, 1.54) is 0 Å². The number of rotatable bonds is 7. The summed E-state index contributed by atoms with van der Waals surface area (Å²) in [6, 6.07) is 13.7. The molecule has 1 saturated heterocycles. The van der Waals surface area contributed by atoms with Gasteiger partial charge in [0.25, 0.3) is 0 Å². The molecule has 2 aromatic carbocycles. The smallest absolute Gasteiger partial charge is 0.243 e. The van der Waals surface area contributed by atoms with Crippen molar-refractivity contribution >= 4 is 17.3 Å². The lowest BCUT2D eigenvalue weighted by Gasteiger charge is -2.13. The number of anilines is 2. The molecule has 5 heteroatoms. The minimum Gasteiger partial charge on any atom is -0.491 e. The van der Waals surface area contributed by atoms with E-state index in [9.17, 15) is 4.79 Å². The van der Waals surface area contributed by atoms with Gasteiger partial charge in [0.05, 0.1) is 12.6 Å². The molecule has 0 spiro atoms. The third kappa shape index (κ3) is 5.23. The Morgan fingerprint density at radius 1 is 1.23 bits per heavy atom. The highest BCUT2D eigenvalue weighted by Crippen LogP contribution is 2.20. The highest BCUT2D eigenvalue weighted by molar-refractivity contribution is 5.94. The van der Waals surface area contributed by atoms with Crippen LogP contribution in [0.25, 0.3) is 0 Å². The highest BCUT2D eigenvalue weighted by Gasteiger charge is 2.16. The third-order valence-corrected chi connectivity index (χ3v) is 4.41. The number of hydrogen-bond acceptors (Lipinski definition) is 4. The Bertz CT molecular complexity index is 755. The molecule has 0 bridgehead atoms. The average Bonchev–Trinajstić information content (AvgIpc) is 3.15. The fourth-order valence-corrected chi connectivity index (χ4v) is 2.91. The predicted octanol–water partition coefficient (Wildman–Crippen LogP) is 3.91. The van der Waals surface area contributed by atoms with Crippen LogP contribution in [0.15, 0.2) is 42.5 Å². The third-order valence-electron chi connectivity index (χ3n) is 4.41. The van der Waals surface area contributed by atoms with Crippen LogP contribution in [0.4, 0.5) is 11.4 Å². The first-order chi connectivity index (χ1) is 12.6. The van der Waals surface area contributed by atoms with Gasteiger partial charge in [0.2, 0.25) is 5.91 Å². The van der Waals surface area contributed by atoms with E-state index in [4.69, 9.17) is 9.47 Å². The Hall–Kier alpha value is -2.53. The Labute approximate surface area is 154 Å². The summed E-state index contributed by atoms with van der Waals surface area (Å²) in [6.45, 7) is 5.58. The first-order valence-electron chi connectivity index (χ1n) is 9.05. The van der Waals surface area contributed by atoms with E-state index in [1.54, 1.807) is 0 Å². The van der Waals surface area contributed by atoms with Crippen molar-refractivity contribution in [1.82, 2.24) is 0 Å². The van der Waals surface area contributed by atoms with Crippen LogP contribution in [0, 0.1) is 13.8 Å². The van der Waals surface area contributed by atoms with Crippen LogP contribution in [-0.4, -0.2) is 31.8 Å². The molecular weight excluding hydrogens is 328 g/mol. The van der Waals surface area contributed by atoms with Crippen molar-refractivity contribution in [1.29, 1.82) is 0 Å². The van der Waals surface area contributed by atoms with Crippen molar-refractivity contribution in [2.24, 2.45) is 0 Å². The lowest BCUT2D eigenvalue weighted by Crippen LogP contribution is -2.22. The molecule has 0 aromatic heterocycles. The summed E-state index contributed by atoms with van der Waals surface area (Å²) in [5, 5.41) is 6.09. The van der Waals surface area contributed by atoms with Crippen molar-refractivity contribution in [2.75, 3.05) is 30.4 Å². The van der Waals surface area contributed by atoms with Crippen LogP contribution in [0.5, 0.6) is 5.75 Å². The van der Waals surface area contributed by atoms with Gasteiger partial charge < -0.3 is 20.1 Å². The molecule has 1 atom stereocenters. The van der Waals surface area contributed by atoms with Crippen LogP contribution in [0.1, 0.15) is 24.0 Å². The molecule has 1 fully saturated rings. The van der Waals surface area contributed by atoms with Crippen molar-refractivity contribution < 1.29 is 14.3 Å². The number of carbonyl (C=O) groups excluding carboxylic acids is 1. The summed E-state index contributed by atoms with van der Waals surface area (Å²) in [7, 11) is 0. The molecule has 5 nitrogen and oxygen atoms in total. The first kappa shape index (κ1) is 18.3. The molecule has 0 aliphatic carbocycles. The van der Waals surface area contributed by atoms with Gasteiger partial charge in [-0.25, -0.2) is 0 Å². The van der Waals surface area contributed by atoms with E-state index >= 15 is 0 Å². The second-order valence-electron chi connectivity index (χ2n) is 6.69. The van der Waals surface area contributed by atoms with Gasteiger partial charge in [0.1, 0.15) is 12.4 Å². The van der Waals surface area contributed by atoms with Gasteiger partial charge in [-0.2, -0.15) is 0 Å². The van der Waals surface area contributed by atoms with Gasteiger partial charge in [-0.05, 0) is 56.0 Å². The number of ether oxygens (including phenoxy) is 2. The molecule has 138 valence electrons. The van der Waals surface area contributed by atoms with Gasteiger partial charge in [-0.1, -0.05) is 18.2 Å². The number of hydrogen-bond donors (Lipinski definition) is 2. The molecule has 3 rings (SSSR count). The molecule has 26 heavy (non-hydrogen) atoms. The average molecular weight is 354 g/mol. The van der Waals surface area contributed by atoms with E-state index in [-0.39, 0.29) is 18.6 Å². The van der Waals surface area contributed by atoms with Crippen LogP contribution in [0.2, 0.25) is 0 Å². The molecule has 1 aliphatic heterocycles. The van der Waals surface area contributed by atoms with Crippen molar-refractivity contribution in [2.45, 2.75) is 32.8 Å². The molecule has 0 saturated carbocycles. The highest BCUT2D eigenvalue weighted by atomic mass is 16.5. The molecule has 1 heterocycles. The largest absolute Gasteiger partial charge is 0.491 e. The summed E-state index contributed by atoms with van der Waals surface area (Å²) < 4.78 is 11.4. The zero-order valence-electron chi connectivity index (χ0n) is 15.4. The minimum absolute atomic E-state index is 0.0793. The Balaban J connectivity index is 1.49. The van der Waals surface area contributed by atoms with Crippen LogP contribution in [0.3, 0.4) is 0 Å². The summed E-state index contributed by atoms with van der Waals surface area (Å²) in [6.07, 6.45) is 2.34. The molecular formula is C21H26N2O3. The van der Waals surface area contributed by atoms with Gasteiger partial charge in [0, 0.05) is 24.0 Å². The maximum atomic E-state index is 12.2.